The van der Waals surface area contributed by atoms with Crippen molar-refractivity contribution >= 4 is 17.8 Å². The maximum atomic E-state index is 13.4. The molecule has 2 aromatic rings. The van der Waals surface area contributed by atoms with Crippen molar-refractivity contribution < 1.29 is 33.3 Å². The number of primary amides is 1. The predicted octanol–water partition coefficient (Wildman–Crippen LogP) is 3.22. The Hall–Kier alpha value is -3.59. The van der Waals surface area contributed by atoms with E-state index in [1.807, 2.05) is 30.3 Å². The lowest BCUT2D eigenvalue weighted by Gasteiger charge is -2.26. The zero-order valence-corrected chi connectivity index (χ0v) is 21.2. The van der Waals surface area contributed by atoms with Gasteiger partial charge in [-0.25, -0.2) is 0 Å². The topological polar surface area (TPSA) is 117 Å². The molecule has 0 aromatic heterocycles. The maximum absolute atomic E-state index is 13.4. The highest BCUT2D eigenvalue weighted by Gasteiger charge is 2.38. The molecule has 0 fully saturated rings. The van der Waals surface area contributed by atoms with E-state index in [1.54, 1.807) is 40.0 Å². The Labute approximate surface area is 211 Å². The SMILES string of the molecule is COCCOc1cc(OCc2ccccc2)c2c(c1)C(=O)N([C@@H](CCC(=O)OC(C)(C)C)C(N)=O)C2. The molecule has 2 amide bonds. The van der Waals surface area contributed by atoms with E-state index in [-0.39, 0.29) is 25.3 Å². The average molecular weight is 499 g/mol. The molecule has 0 aliphatic carbocycles. The number of esters is 1. The molecule has 0 unspecified atom stereocenters. The number of hydrogen-bond acceptors (Lipinski definition) is 7. The van der Waals surface area contributed by atoms with Crippen molar-refractivity contribution in [3.8, 4) is 11.5 Å². The Kier molecular flexibility index (Phi) is 8.93. The van der Waals surface area contributed by atoms with Crippen LogP contribution in [0.15, 0.2) is 42.5 Å². The smallest absolute Gasteiger partial charge is 0.306 e. The van der Waals surface area contributed by atoms with Crippen molar-refractivity contribution in [2.75, 3.05) is 20.3 Å². The fraction of sp³-hybridized carbons (Fsp3) is 0.444. The number of amides is 2. The zero-order valence-electron chi connectivity index (χ0n) is 21.2. The highest BCUT2D eigenvalue weighted by molar-refractivity contribution is 6.02. The second-order valence-electron chi connectivity index (χ2n) is 9.54. The van der Waals surface area contributed by atoms with Crippen LogP contribution in [0.3, 0.4) is 0 Å². The fourth-order valence-corrected chi connectivity index (χ4v) is 3.91. The Morgan fingerprint density at radius 2 is 1.81 bits per heavy atom. The second kappa shape index (κ2) is 11.9. The molecule has 9 heteroatoms. The minimum atomic E-state index is -0.975. The third kappa shape index (κ3) is 7.21. The van der Waals surface area contributed by atoms with Gasteiger partial charge in [0, 0.05) is 25.2 Å². The van der Waals surface area contributed by atoms with E-state index in [9.17, 15) is 14.4 Å². The van der Waals surface area contributed by atoms with Crippen molar-refractivity contribution in [1.29, 1.82) is 0 Å². The molecule has 0 bridgehead atoms. The molecule has 194 valence electrons. The Bertz CT molecular complexity index is 1080. The quantitative estimate of drug-likeness (QED) is 0.353. The van der Waals surface area contributed by atoms with Crippen LogP contribution < -0.4 is 15.2 Å². The normalized spacial score (nSPS) is 13.8. The third-order valence-electron chi connectivity index (χ3n) is 5.54. The molecule has 2 aromatic carbocycles. The molecule has 0 spiro atoms. The summed E-state index contributed by atoms with van der Waals surface area (Å²) in [5, 5.41) is 0. The number of ether oxygens (including phenoxy) is 4. The largest absolute Gasteiger partial charge is 0.491 e. The molecule has 0 radical (unpaired) electrons. The van der Waals surface area contributed by atoms with Gasteiger partial charge in [0.1, 0.15) is 36.4 Å². The molecule has 36 heavy (non-hydrogen) atoms. The van der Waals surface area contributed by atoms with Crippen LogP contribution in [0.5, 0.6) is 11.5 Å². The standard InChI is InChI=1S/C27H34N2O7/c1-27(2,3)36-24(30)11-10-22(25(28)31)29-16-21-20(26(29)32)14-19(34-13-12-33-4)15-23(21)35-17-18-8-6-5-7-9-18/h5-9,14-15,22H,10-13,16-17H2,1-4H3,(H2,28,31)/t22-/m0/s1. The van der Waals surface area contributed by atoms with Gasteiger partial charge in [0.25, 0.3) is 5.91 Å². The van der Waals surface area contributed by atoms with Gasteiger partial charge in [-0.2, -0.15) is 0 Å². The molecule has 0 saturated heterocycles. The first kappa shape index (κ1) is 27.0. The summed E-state index contributed by atoms with van der Waals surface area (Å²) in [5.74, 6) is -0.593. The first-order valence-corrected chi connectivity index (χ1v) is 11.9. The molecule has 9 nitrogen and oxygen atoms in total. The number of rotatable bonds is 12. The monoisotopic (exact) mass is 498 g/mol. The molecular weight excluding hydrogens is 464 g/mol. The van der Waals surface area contributed by atoms with Crippen LogP contribution in [0.25, 0.3) is 0 Å². The van der Waals surface area contributed by atoms with Crippen LogP contribution in [-0.4, -0.2) is 54.7 Å². The number of benzene rings is 2. The van der Waals surface area contributed by atoms with Crippen LogP contribution in [0, 0.1) is 0 Å². The minimum absolute atomic E-state index is 0.0479. The van der Waals surface area contributed by atoms with E-state index in [2.05, 4.69) is 0 Å². The van der Waals surface area contributed by atoms with Gasteiger partial charge in [-0.15, -0.1) is 0 Å². The lowest BCUT2D eigenvalue weighted by atomic mass is 10.1. The summed E-state index contributed by atoms with van der Waals surface area (Å²) < 4.78 is 22.2. The van der Waals surface area contributed by atoms with Gasteiger partial charge in [0.05, 0.1) is 18.7 Å². The fourth-order valence-electron chi connectivity index (χ4n) is 3.91. The molecular formula is C27H34N2O7. The summed E-state index contributed by atoms with van der Waals surface area (Å²) in [7, 11) is 1.57. The maximum Gasteiger partial charge on any atom is 0.306 e. The Morgan fingerprint density at radius 3 is 2.44 bits per heavy atom. The number of fused-ring (bicyclic) bond motifs is 1. The predicted molar refractivity (Wildman–Crippen MR) is 133 cm³/mol. The van der Waals surface area contributed by atoms with Gasteiger partial charge < -0.3 is 29.6 Å². The van der Waals surface area contributed by atoms with Crippen molar-refractivity contribution in [2.24, 2.45) is 5.73 Å². The number of nitrogens with zero attached hydrogens (tertiary/aromatic N) is 1. The first-order valence-electron chi connectivity index (χ1n) is 11.9. The highest BCUT2D eigenvalue weighted by Crippen LogP contribution is 2.37. The van der Waals surface area contributed by atoms with E-state index in [1.165, 1.54) is 4.90 Å². The van der Waals surface area contributed by atoms with Crippen molar-refractivity contribution in [2.45, 2.75) is 58.4 Å². The van der Waals surface area contributed by atoms with Crippen LogP contribution in [0.1, 0.15) is 55.1 Å². The lowest BCUT2D eigenvalue weighted by molar-refractivity contribution is -0.155. The lowest BCUT2D eigenvalue weighted by Crippen LogP contribution is -2.45. The average Bonchev–Trinajstić information content (AvgIpc) is 3.13. The third-order valence-corrected chi connectivity index (χ3v) is 5.54. The van der Waals surface area contributed by atoms with Crippen LogP contribution >= 0.6 is 0 Å². The van der Waals surface area contributed by atoms with Crippen LogP contribution in [-0.2, 0) is 32.2 Å². The zero-order chi connectivity index (χ0) is 26.3. The van der Waals surface area contributed by atoms with Gasteiger partial charge in [-0.3, -0.25) is 14.4 Å². The Morgan fingerprint density at radius 1 is 1.08 bits per heavy atom. The molecule has 1 atom stereocenters. The Balaban J connectivity index is 1.83. The molecule has 2 N–H and O–H groups in total. The number of carbonyl (C=O) groups is 3. The number of nitrogens with two attached hydrogens (primary N) is 1. The van der Waals surface area contributed by atoms with Gasteiger partial charge >= 0.3 is 5.97 Å². The summed E-state index contributed by atoms with van der Waals surface area (Å²) in [6, 6.07) is 12.0. The molecule has 0 saturated carbocycles. The number of carbonyl (C=O) groups excluding carboxylic acids is 3. The number of methoxy groups -OCH3 is 1. The van der Waals surface area contributed by atoms with Gasteiger partial charge in [-0.1, -0.05) is 30.3 Å². The van der Waals surface area contributed by atoms with Gasteiger partial charge in [0.2, 0.25) is 5.91 Å². The summed E-state index contributed by atoms with van der Waals surface area (Å²) in [5.41, 5.74) is 6.98. The van der Waals surface area contributed by atoms with E-state index in [4.69, 9.17) is 24.7 Å². The van der Waals surface area contributed by atoms with Crippen molar-refractivity contribution in [1.82, 2.24) is 4.90 Å². The van der Waals surface area contributed by atoms with Gasteiger partial charge in [-0.05, 0) is 38.8 Å². The highest BCUT2D eigenvalue weighted by atomic mass is 16.6. The van der Waals surface area contributed by atoms with Crippen molar-refractivity contribution in [3.63, 3.8) is 0 Å². The summed E-state index contributed by atoms with van der Waals surface area (Å²) in [6.07, 6.45) is 0.00905. The van der Waals surface area contributed by atoms with E-state index < -0.39 is 23.5 Å². The molecule has 1 aliphatic rings. The summed E-state index contributed by atoms with van der Waals surface area (Å²) in [4.78, 5) is 39.3. The van der Waals surface area contributed by atoms with Crippen LogP contribution in [0.4, 0.5) is 0 Å². The van der Waals surface area contributed by atoms with E-state index in [0.717, 1.165) is 5.56 Å². The molecule has 1 heterocycles. The van der Waals surface area contributed by atoms with Crippen molar-refractivity contribution in [3.05, 3.63) is 59.2 Å². The summed E-state index contributed by atoms with van der Waals surface area (Å²) >= 11 is 0. The minimum Gasteiger partial charge on any atom is -0.491 e. The second-order valence-corrected chi connectivity index (χ2v) is 9.54. The molecule has 1 aliphatic heterocycles. The van der Waals surface area contributed by atoms with Gasteiger partial charge in [0.15, 0.2) is 0 Å². The van der Waals surface area contributed by atoms with E-state index in [0.29, 0.717) is 42.4 Å². The molecule has 3 rings (SSSR count). The van der Waals surface area contributed by atoms with E-state index >= 15 is 0 Å². The van der Waals surface area contributed by atoms with Crippen LogP contribution in [0.2, 0.25) is 0 Å². The summed E-state index contributed by atoms with van der Waals surface area (Å²) in [6.45, 7) is 6.39. The number of hydrogen-bond donors (Lipinski definition) is 1. The first-order chi connectivity index (χ1) is 17.1.